The van der Waals surface area contributed by atoms with E-state index >= 15 is 0 Å². The quantitative estimate of drug-likeness (QED) is 0.0345. The molecule has 0 aromatic rings. The van der Waals surface area contributed by atoms with Crippen LogP contribution in [-0.4, -0.2) is 40.7 Å². The van der Waals surface area contributed by atoms with Gasteiger partial charge in [0.25, 0.3) is 0 Å². The van der Waals surface area contributed by atoms with Crippen molar-refractivity contribution in [2.24, 2.45) is 0 Å². The van der Waals surface area contributed by atoms with Crippen molar-refractivity contribution in [3.05, 3.63) is 36.5 Å². The summed E-state index contributed by atoms with van der Waals surface area (Å²) in [4.78, 5) is 24.2. The molecule has 0 spiro atoms. The Morgan fingerprint density at radius 2 is 1.12 bits per heavy atom. The van der Waals surface area contributed by atoms with Crippen LogP contribution in [0.1, 0.15) is 162 Å². The lowest BCUT2D eigenvalue weighted by Crippen LogP contribution is -2.45. The van der Waals surface area contributed by atoms with Gasteiger partial charge in [0, 0.05) is 12.8 Å². The van der Waals surface area contributed by atoms with Gasteiger partial charge in [-0.2, -0.15) is 0 Å². The van der Waals surface area contributed by atoms with Crippen molar-refractivity contribution in [1.82, 2.24) is 5.32 Å². The lowest BCUT2D eigenvalue weighted by molar-refractivity contribution is -0.123. The molecule has 0 saturated carbocycles. The molecular weight excluding hydrogens is 510 g/mol. The maximum Gasteiger partial charge on any atom is 0.220 e. The topological polar surface area (TPSA) is 86.6 Å². The smallest absolute Gasteiger partial charge is 0.220 e. The first-order valence-corrected chi connectivity index (χ1v) is 17.2. The molecule has 238 valence electrons. The molecule has 0 rings (SSSR count). The van der Waals surface area contributed by atoms with Crippen molar-refractivity contribution in [3.8, 4) is 0 Å². The first-order chi connectivity index (χ1) is 20.0. The Balaban J connectivity index is 3.78. The summed E-state index contributed by atoms with van der Waals surface area (Å²) in [5, 5.41) is 22.8. The van der Waals surface area contributed by atoms with E-state index in [2.05, 4.69) is 25.2 Å². The number of aliphatic hydroxyl groups is 2. The number of carbonyl (C=O) groups is 2. The van der Waals surface area contributed by atoms with Crippen LogP contribution in [0.5, 0.6) is 0 Å². The summed E-state index contributed by atoms with van der Waals surface area (Å²) in [6.07, 6.45) is 36.0. The predicted octanol–water partition coefficient (Wildman–Crippen LogP) is 9.07. The highest BCUT2D eigenvalue weighted by Crippen LogP contribution is 2.13. The molecule has 41 heavy (non-hydrogen) atoms. The summed E-state index contributed by atoms with van der Waals surface area (Å²) >= 11 is 0. The second-order valence-electron chi connectivity index (χ2n) is 11.6. The fourth-order valence-corrected chi connectivity index (χ4v) is 4.86. The molecule has 0 aromatic heterocycles. The highest BCUT2D eigenvalue weighted by atomic mass is 16.3. The van der Waals surface area contributed by atoms with Crippen LogP contribution >= 0.6 is 0 Å². The molecule has 5 heteroatoms. The van der Waals surface area contributed by atoms with Gasteiger partial charge in [-0.3, -0.25) is 9.59 Å². The average molecular weight is 576 g/mol. The van der Waals surface area contributed by atoms with E-state index in [1.54, 1.807) is 12.2 Å². The third-order valence-electron chi connectivity index (χ3n) is 7.59. The number of carbonyl (C=O) groups excluding carboxylic acids is 2. The fourth-order valence-electron chi connectivity index (χ4n) is 4.86. The lowest BCUT2D eigenvalue weighted by Gasteiger charge is -2.20. The largest absolute Gasteiger partial charge is 0.394 e. The van der Waals surface area contributed by atoms with Gasteiger partial charge in [-0.25, -0.2) is 0 Å². The third-order valence-corrected chi connectivity index (χ3v) is 7.59. The highest BCUT2D eigenvalue weighted by Gasteiger charge is 2.17. The Kier molecular flexibility index (Phi) is 29.9. The summed E-state index contributed by atoms with van der Waals surface area (Å²) in [7, 11) is 0. The minimum atomic E-state index is -0.875. The number of rotatable bonds is 30. The molecule has 0 aromatic carbocycles. The summed E-state index contributed by atoms with van der Waals surface area (Å²) in [5.41, 5.74) is 0. The maximum absolute atomic E-state index is 12.3. The van der Waals surface area contributed by atoms with Crippen molar-refractivity contribution < 1.29 is 19.8 Å². The Labute approximate surface area is 253 Å². The van der Waals surface area contributed by atoms with Gasteiger partial charge in [-0.1, -0.05) is 141 Å². The average Bonchev–Trinajstić information content (AvgIpc) is 2.97. The van der Waals surface area contributed by atoms with Gasteiger partial charge in [-0.15, -0.1) is 0 Å². The van der Waals surface area contributed by atoms with E-state index in [1.165, 1.54) is 83.5 Å². The summed E-state index contributed by atoms with van der Waals surface area (Å²) in [5.74, 6) is 0.0361. The van der Waals surface area contributed by atoms with Crippen LogP contribution in [0.25, 0.3) is 0 Å². The molecule has 0 aliphatic rings. The van der Waals surface area contributed by atoms with Crippen LogP contribution < -0.4 is 5.32 Å². The van der Waals surface area contributed by atoms with Crippen LogP contribution in [0.4, 0.5) is 0 Å². The zero-order chi connectivity index (χ0) is 30.2. The lowest BCUT2D eigenvalue weighted by atomic mass is 10.0. The third kappa shape index (κ3) is 28.2. The number of allylic oxidation sites excluding steroid dienone is 5. The van der Waals surface area contributed by atoms with Gasteiger partial charge in [-0.05, 0) is 44.6 Å². The van der Waals surface area contributed by atoms with Crippen molar-refractivity contribution in [3.63, 3.8) is 0 Å². The van der Waals surface area contributed by atoms with Crippen LogP contribution in [0.15, 0.2) is 36.5 Å². The number of ketones is 1. The minimum Gasteiger partial charge on any atom is -0.394 e. The summed E-state index contributed by atoms with van der Waals surface area (Å²) in [6, 6.07) is -0.665. The molecule has 0 unspecified atom stereocenters. The van der Waals surface area contributed by atoms with Gasteiger partial charge in [0.05, 0.1) is 18.8 Å². The Bertz CT molecular complexity index is 685. The number of hydrogen-bond donors (Lipinski definition) is 3. The number of unbranched alkanes of at least 4 members (excludes halogenated alkanes) is 18. The molecule has 1 amide bonds. The summed E-state index contributed by atoms with van der Waals surface area (Å²) in [6.45, 7) is 4.17. The van der Waals surface area contributed by atoms with E-state index in [1.807, 2.05) is 18.2 Å². The zero-order valence-corrected chi connectivity index (χ0v) is 26.8. The molecule has 0 aliphatic carbocycles. The molecule has 0 aliphatic heterocycles. The Hall–Kier alpha value is -1.72. The van der Waals surface area contributed by atoms with Crippen LogP contribution in [0.2, 0.25) is 0 Å². The van der Waals surface area contributed by atoms with Gasteiger partial charge in [0.15, 0.2) is 5.78 Å². The van der Waals surface area contributed by atoms with Crippen LogP contribution in [0.3, 0.4) is 0 Å². The van der Waals surface area contributed by atoms with E-state index < -0.39 is 12.1 Å². The molecule has 2 atom stereocenters. The van der Waals surface area contributed by atoms with Crippen molar-refractivity contribution in [1.29, 1.82) is 0 Å². The van der Waals surface area contributed by atoms with E-state index in [-0.39, 0.29) is 18.3 Å². The maximum atomic E-state index is 12.3. The minimum absolute atomic E-state index is 0.134. The molecule has 0 heterocycles. The molecule has 5 nitrogen and oxygen atoms in total. The predicted molar refractivity (Wildman–Crippen MR) is 175 cm³/mol. The SMILES string of the molecule is CCCCC/C=C\C=C\C(=O)CCCCCCCC(=O)N[C@@H](CO)[C@H](O)/C=C/CCCCCCCCCCCCC. The second kappa shape index (κ2) is 31.2. The number of hydrogen-bond acceptors (Lipinski definition) is 4. The van der Waals surface area contributed by atoms with E-state index in [9.17, 15) is 19.8 Å². The van der Waals surface area contributed by atoms with E-state index in [4.69, 9.17) is 0 Å². The van der Waals surface area contributed by atoms with Crippen LogP contribution in [0, 0.1) is 0 Å². The Morgan fingerprint density at radius 1 is 0.634 bits per heavy atom. The standard InChI is InChI=1S/C36H65NO4/c1-3-5-7-9-11-12-13-14-15-16-18-22-26-30-35(40)34(32-38)37-36(41)31-27-23-19-21-25-29-33(39)28-24-20-17-10-8-6-4-2/h17,20,24,26,28,30,34-35,38,40H,3-16,18-19,21-23,25,27,29,31-32H2,1-2H3,(H,37,41)/b20-17-,28-24+,30-26+/t34-,35+/m0/s1. The molecule has 3 N–H and O–H groups in total. The van der Waals surface area contributed by atoms with Gasteiger partial charge in [0.1, 0.15) is 0 Å². The Morgan fingerprint density at radius 3 is 1.73 bits per heavy atom. The van der Waals surface area contributed by atoms with E-state index in [0.29, 0.717) is 12.8 Å². The number of nitrogens with one attached hydrogen (secondary N) is 1. The highest BCUT2D eigenvalue weighted by molar-refractivity contribution is 5.89. The number of aliphatic hydroxyl groups excluding tert-OH is 2. The second-order valence-corrected chi connectivity index (χ2v) is 11.6. The summed E-state index contributed by atoms with van der Waals surface area (Å²) < 4.78 is 0. The van der Waals surface area contributed by atoms with Gasteiger partial charge >= 0.3 is 0 Å². The molecule has 0 fully saturated rings. The van der Waals surface area contributed by atoms with E-state index in [0.717, 1.165) is 51.4 Å². The number of amides is 1. The monoisotopic (exact) mass is 575 g/mol. The molecule has 0 bridgehead atoms. The van der Waals surface area contributed by atoms with Crippen molar-refractivity contribution >= 4 is 11.7 Å². The zero-order valence-electron chi connectivity index (χ0n) is 26.8. The first-order valence-electron chi connectivity index (χ1n) is 17.2. The van der Waals surface area contributed by atoms with Crippen molar-refractivity contribution in [2.75, 3.05) is 6.61 Å². The fraction of sp³-hybridized carbons (Fsp3) is 0.778. The van der Waals surface area contributed by atoms with Crippen molar-refractivity contribution in [2.45, 2.75) is 174 Å². The van der Waals surface area contributed by atoms with Crippen LogP contribution in [-0.2, 0) is 9.59 Å². The molecule has 0 saturated heterocycles. The van der Waals surface area contributed by atoms with Gasteiger partial charge < -0.3 is 15.5 Å². The molecular formula is C36H65NO4. The first kappa shape index (κ1) is 39.3. The normalized spacial score (nSPS) is 13.5. The molecule has 0 radical (unpaired) electrons. The van der Waals surface area contributed by atoms with Gasteiger partial charge in [0.2, 0.25) is 5.91 Å².